The molecule has 2 unspecified atom stereocenters. The summed E-state index contributed by atoms with van der Waals surface area (Å²) in [6, 6.07) is 7.72. The Bertz CT molecular complexity index is 1550. The van der Waals surface area contributed by atoms with E-state index in [0.29, 0.717) is 5.69 Å². The fraction of sp³-hybridized carbons (Fsp3) is 0.346. The lowest BCUT2D eigenvalue weighted by molar-refractivity contribution is -0.124. The number of halogens is 2. The van der Waals surface area contributed by atoms with Gasteiger partial charge in [-0.05, 0) is 72.7 Å². The summed E-state index contributed by atoms with van der Waals surface area (Å²) >= 11 is 12.0. The first-order valence-electron chi connectivity index (χ1n) is 12.5. The van der Waals surface area contributed by atoms with Crippen molar-refractivity contribution in [3.8, 4) is 0 Å². The molecule has 2 aliphatic heterocycles. The second kappa shape index (κ2) is 10.00. The number of hydrogen-bond donors (Lipinski definition) is 2. The molecule has 9 nitrogen and oxygen atoms in total. The van der Waals surface area contributed by atoms with Gasteiger partial charge in [-0.2, -0.15) is 0 Å². The predicted molar refractivity (Wildman–Crippen MR) is 143 cm³/mol. The van der Waals surface area contributed by atoms with Crippen molar-refractivity contribution < 1.29 is 13.2 Å². The summed E-state index contributed by atoms with van der Waals surface area (Å²) in [6.45, 7) is 1.88. The van der Waals surface area contributed by atoms with Crippen LogP contribution in [0.3, 0.4) is 0 Å². The molecule has 0 saturated heterocycles. The molecule has 3 heterocycles. The van der Waals surface area contributed by atoms with Crippen LogP contribution in [-0.2, 0) is 40.6 Å². The maximum Gasteiger partial charge on any atom is 0.264 e. The molecule has 38 heavy (non-hydrogen) atoms. The van der Waals surface area contributed by atoms with Crippen molar-refractivity contribution in [3.05, 3.63) is 86.9 Å². The molecule has 1 aromatic heterocycles. The summed E-state index contributed by atoms with van der Waals surface area (Å²) in [7, 11) is -4.08. The van der Waals surface area contributed by atoms with Gasteiger partial charge in [-0.15, -0.1) is 5.10 Å². The molecule has 0 spiro atoms. The third kappa shape index (κ3) is 4.59. The number of aromatic nitrogens is 3. The van der Waals surface area contributed by atoms with E-state index in [-0.39, 0.29) is 27.4 Å². The number of nitrogens with one attached hydrogen (secondary N) is 2. The number of sulfonamides is 1. The Kier molecular flexibility index (Phi) is 6.67. The summed E-state index contributed by atoms with van der Waals surface area (Å²) in [5, 5.41) is 15.2. The molecule has 2 aromatic carbocycles. The summed E-state index contributed by atoms with van der Waals surface area (Å²) in [5.74, 6) is -0.450. The highest BCUT2D eigenvalue weighted by Gasteiger charge is 2.37. The number of fused-ring (bicyclic) bond motifs is 2. The number of rotatable bonds is 5. The number of aryl methyl sites for hydroxylation is 1. The molecule has 0 bridgehead atoms. The van der Waals surface area contributed by atoms with E-state index >= 15 is 0 Å². The molecule has 2 N–H and O–H groups in total. The number of carbonyl (C=O) groups is 1. The van der Waals surface area contributed by atoms with Crippen LogP contribution in [0, 0.1) is 0 Å². The minimum atomic E-state index is -4.08. The third-order valence-electron chi connectivity index (χ3n) is 7.43. The van der Waals surface area contributed by atoms with Gasteiger partial charge in [0.05, 0.1) is 26.7 Å². The lowest BCUT2D eigenvalue weighted by Gasteiger charge is -2.31. The normalized spacial score (nSPS) is 21.1. The Morgan fingerprint density at radius 3 is 2.76 bits per heavy atom. The molecule has 3 aromatic rings. The van der Waals surface area contributed by atoms with Crippen LogP contribution in [0.1, 0.15) is 46.8 Å². The molecule has 6 rings (SSSR count). The van der Waals surface area contributed by atoms with Crippen LogP contribution >= 0.6 is 23.2 Å². The van der Waals surface area contributed by atoms with Crippen molar-refractivity contribution in [1.29, 1.82) is 0 Å². The van der Waals surface area contributed by atoms with Gasteiger partial charge in [0.1, 0.15) is 6.04 Å². The molecular weight excluding hydrogens is 547 g/mol. The first-order valence-corrected chi connectivity index (χ1v) is 14.7. The van der Waals surface area contributed by atoms with E-state index in [1.165, 1.54) is 52.9 Å². The van der Waals surface area contributed by atoms with Gasteiger partial charge >= 0.3 is 0 Å². The summed E-state index contributed by atoms with van der Waals surface area (Å²) < 4.78 is 29.8. The summed E-state index contributed by atoms with van der Waals surface area (Å²) in [5.41, 5.74) is 5.90. The maximum absolute atomic E-state index is 13.5. The SMILES string of the molecule is O=C1NC=CN(S(=O)(=O)c2ccc(Cl)c(Cl)c2)C1Cc1cn(C2CCCc3cc4c(cc32)CCNC4)nn1. The molecule has 1 amide bonds. The largest absolute Gasteiger partial charge is 0.329 e. The van der Waals surface area contributed by atoms with Crippen molar-refractivity contribution in [1.82, 2.24) is 29.9 Å². The van der Waals surface area contributed by atoms with E-state index < -0.39 is 22.0 Å². The summed E-state index contributed by atoms with van der Waals surface area (Å²) in [6.07, 6.45) is 8.57. The van der Waals surface area contributed by atoms with Crippen molar-refractivity contribution in [2.45, 2.75) is 55.6 Å². The van der Waals surface area contributed by atoms with Crippen molar-refractivity contribution in [2.75, 3.05) is 6.54 Å². The molecule has 2 atom stereocenters. The number of carbonyl (C=O) groups excluding carboxylic acids is 1. The van der Waals surface area contributed by atoms with Crippen LogP contribution in [0.5, 0.6) is 0 Å². The van der Waals surface area contributed by atoms with Gasteiger partial charge in [-0.25, -0.2) is 13.1 Å². The van der Waals surface area contributed by atoms with Gasteiger partial charge in [0.15, 0.2) is 0 Å². The molecular formula is C26H26Cl2N6O3S. The van der Waals surface area contributed by atoms with Crippen LogP contribution in [0.2, 0.25) is 10.0 Å². The lowest BCUT2D eigenvalue weighted by Crippen LogP contribution is -2.50. The molecule has 1 aliphatic carbocycles. The topological polar surface area (TPSA) is 109 Å². The van der Waals surface area contributed by atoms with Crippen molar-refractivity contribution >= 4 is 39.1 Å². The van der Waals surface area contributed by atoms with Crippen molar-refractivity contribution in [2.24, 2.45) is 0 Å². The van der Waals surface area contributed by atoms with Crippen LogP contribution in [0.25, 0.3) is 0 Å². The quantitative estimate of drug-likeness (QED) is 0.485. The van der Waals surface area contributed by atoms with Gasteiger partial charge in [0.2, 0.25) is 5.91 Å². The van der Waals surface area contributed by atoms with Gasteiger partial charge in [-0.3, -0.25) is 9.10 Å². The Labute approximate surface area is 230 Å². The standard InChI is InChI=1S/C26H26Cl2N6O3S/c27-22-5-4-20(13-23(22)28)38(36,37)34-9-8-30-26(35)25(34)12-19-15-33(32-31-19)24-3-1-2-17-10-18-14-29-7-6-16(18)11-21(17)24/h4-5,8-11,13,15,24-25,29H,1-3,6-7,12,14H2,(H,30,35). The van der Waals surface area contributed by atoms with E-state index in [2.05, 4.69) is 33.1 Å². The lowest BCUT2D eigenvalue weighted by atomic mass is 9.83. The average molecular weight is 574 g/mol. The summed E-state index contributed by atoms with van der Waals surface area (Å²) in [4.78, 5) is 12.8. The number of benzene rings is 2. The van der Waals surface area contributed by atoms with E-state index in [4.69, 9.17) is 23.2 Å². The Morgan fingerprint density at radius 2 is 1.92 bits per heavy atom. The van der Waals surface area contributed by atoms with Crippen LogP contribution < -0.4 is 10.6 Å². The fourth-order valence-corrected chi connectivity index (χ4v) is 7.34. The van der Waals surface area contributed by atoms with Crippen LogP contribution in [0.4, 0.5) is 0 Å². The molecule has 0 saturated carbocycles. The Morgan fingerprint density at radius 1 is 1.05 bits per heavy atom. The molecule has 3 aliphatic rings. The number of hydrogen-bond acceptors (Lipinski definition) is 6. The number of nitrogens with zero attached hydrogens (tertiary/aromatic N) is 4. The smallest absolute Gasteiger partial charge is 0.264 e. The third-order valence-corrected chi connectivity index (χ3v) is 9.95. The molecule has 198 valence electrons. The van der Waals surface area contributed by atoms with Gasteiger partial charge in [0.25, 0.3) is 10.0 Å². The monoisotopic (exact) mass is 572 g/mol. The Hall–Kier alpha value is -2.92. The molecule has 12 heteroatoms. The van der Waals surface area contributed by atoms with Gasteiger partial charge in [-0.1, -0.05) is 40.5 Å². The molecule has 0 fully saturated rings. The Balaban J connectivity index is 1.28. The second-order valence-corrected chi connectivity index (χ2v) is 12.5. The van der Waals surface area contributed by atoms with E-state index in [1.54, 1.807) is 0 Å². The second-order valence-electron chi connectivity index (χ2n) is 9.80. The minimum Gasteiger partial charge on any atom is -0.329 e. The van der Waals surface area contributed by atoms with Gasteiger partial charge in [0, 0.05) is 31.6 Å². The highest BCUT2D eigenvalue weighted by Crippen LogP contribution is 2.35. The number of amides is 1. The maximum atomic E-state index is 13.5. The fourth-order valence-electron chi connectivity index (χ4n) is 5.50. The average Bonchev–Trinajstić information content (AvgIpc) is 3.38. The van der Waals surface area contributed by atoms with E-state index in [1.807, 2.05) is 10.9 Å². The van der Waals surface area contributed by atoms with Crippen LogP contribution in [0.15, 0.2) is 53.8 Å². The van der Waals surface area contributed by atoms with E-state index in [0.717, 1.165) is 43.1 Å². The minimum absolute atomic E-state index is 0.0521. The zero-order chi connectivity index (χ0) is 26.4. The zero-order valence-electron chi connectivity index (χ0n) is 20.4. The highest BCUT2D eigenvalue weighted by atomic mass is 35.5. The zero-order valence-corrected chi connectivity index (χ0v) is 22.7. The predicted octanol–water partition coefficient (Wildman–Crippen LogP) is 3.36. The van der Waals surface area contributed by atoms with Crippen LogP contribution in [-0.4, -0.2) is 46.2 Å². The van der Waals surface area contributed by atoms with Gasteiger partial charge < -0.3 is 10.6 Å². The first kappa shape index (κ1) is 25.4. The first-order chi connectivity index (χ1) is 18.3. The van der Waals surface area contributed by atoms with Crippen molar-refractivity contribution in [3.63, 3.8) is 0 Å². The molecule has 0 radical (unpaired) electrons. The van der Waals surface area contributed by atoms with E-state index in [9.17, 15) is 13.2 Å². The highest BCUT2D eigenvalue weighted by molar-refractivity contribution is 7.89.